The molecule has 1 aromatic carbocycles. The molecule has 114 valence electrons. The van der Waals surface area contributed by atoms with Crippen LogP contribution >= 0.6 is 0 Å². The number of esters is 1. The SMILES string of the molecule is CNc1cc(CN2CCCC2C(=O)OC)ccc1[N+](=O)[O-]. The Labute approximate surface area is 123 Å². The summed E-state index contributed by atoms with van der Waals surface area (Å²) < 4.78 is 4.82. The number of anilines is 1. The van der Waals surface area contributed by atoms with Gasteiger partial charge in [0.1, 0.15) is 11.7 Å². The monoisotopic (exact) mass is 293 g/mol. The van der Waals surface area contributed by atoms with Crippen molar-refractivity contribution in [3.63, 3.8) is 0 Å². The van der Waals surface area contributed by atoms with Crippen molar-refractivity contribution in [1.82, 2.24) is 4.90 Å². The van der Waals surface area contributed by atoms with Gasteiger partial charge in [-0.25, -0.2) is 0 Å². The molecule has 7 heteroatoms. The van der Waals surface area contributed by atoms with E-state index in [1.165, 1.54) is 13.2 Å². The Kier molecular flexibility index (Phi) is 4.74. The summed E-state index contributed by atoms with van der Waals surface area (Å²) in [5, 5.41) is 13.7. The highest BCUT2D eigenvalue weighted by Crippen LogP contribution is 2.27. The van der Waals surface area contributed by atoms with Crippen LogP contribution in [0.1, 0.15) is 18.4 Å². The minimum absolute atomic E-state index is 0.0483. The number of nitro groups is 1. The number of benzene rings is 1. The Morgan fingerprint density at radius 2 is 2.33 bits per heavy atom. The molecule has 0 spiro atoms. The Bertz CT molecular complexity index is 547. The smallest absolute Gasteiger partial charge is 0.323 e. The van der Waals surface area contributed by atoms with Crippen LogP contribution in [-0.4, -0.2) is 42.5 Å². The lowest BCUT2D eigenvalue weighted by atomic mass is 10.1. The van der Waals surface area contributed by atoms with Crippen LogP contribution in [0.2, 0.25) is 0 Å². The second-order valence-corrected chi connectivity index (χ2v) is 5.01. The van der Waals surface area contributed by atoms with Crippen LogP contribution in [0.3, 0.4) is 0 Å². The molecule has 1 aliphatic heterocycles. The zero-order valence-electron chi connectivity index (χ0n) is 12.2. The van der Waals surface area contributed by atoms with Gasteiger partial charge in [-0.2, -0.15) is 0 Å². The van der Waals surface area contributed by atoms with Crippen LogP contribution in [0.5, 0.6) is 0 Å². The summed E-state index contributed by atoms with van der Waals surface area (Å²) in [4.78, 5) is 24.3. The molecular weight excluding hydrogens is 274 g/mol. The highest BCUT2D eigenvalue weighted by atomic mass is 16.6. The number of carbonyl (C=O) groups excluding carboxylic acids is 1. The van der Waals surface area contributed by atoms with Crippen molar-refractivity contribution in [1.29, 1.82) is 0 Å². The lowest BCUT2D eigenvalue weighted by Crippen LogP contribution is -2.36. The third kappa shape index (κ3) is 3.30. The van der Waals surface area contributed by atoms with Crippen LogP contribution in [0.4, 0.5) is 11.4 Å². The molecule has 1 atom stereocenters. The molecule has 0 saturated carbocycles. The van der Waals surface area contributed by atoms with Crippen molar-refractivity contribution in [2.24, 2.45) is 0 Å². The molecule has 0 radical (unpaired) electrons. The van der Waals surface area contributed by atoms with Crippen molar-refractivity contribution >= 4 is 17.3 Å². The van der Waals surface area contributed by atoms with E-state index >= 15 is 0 Å². The summed E-state index contributed by atoms with van der Waals surface area (Å²) in [6, 6.07) is 4.75. The molecule has 1 fully saturated rings. The van der Waals surface area contributed by atoms with E-state index in [0.717, 1.165) is 24.9 Å². The zero-order chi connectivity index (χ0) is 15.4. The molecular formula is C14H19N3O4. The van der Waals surface area contributed by atoms with Crippen molar-refractivity contribution in [2.45, 2.75) is 25.4 Å². The Morgan fingerprint density at radius 3 is 2.95 bits per heavy atom. The van der Waals surface area contributed by atoms with E-state index in [0.29, 0.717) is 12.2 Å². The molecule has 1 unspecified atom stereocenters. The average molecular weight is 293 g/mol. The molecule has 0 bridgehead atoms. The van der Waals surface area contributed by atoms with Crippen molar-refractivity contribution in [3.8, 4) is 0 Å². The molecule has 1 N–H and O–H groups in total. The number of carbonyl (C=O) groups is 1. The first-order valence-electron chi connectivity index (χ1n) is 6.83. The third-order valence-corrected chi connectivity index (χ3v) is 3.75. The minimum atomic E-state index is -0.414. The molecule has 0 aromatic heterocycles. The lowest BCUT2D eigenvalue weighted by molar-refractivity contribution is -0.384. The molecule has 21 heavy (non-hydrogen) atoms. The van der Waals surface area contributed by atoms with Crippen LogP contribution in [0, 0.1) is 10.1 Å². The largest absolute Gasteiger partial charge is 0.468 e. The fraction of sp³-hybridized carbons (Fsp3) is 0.500. The summed E-state index contributed by atoms with van der Waals surface area (Å²) in [6.07, 6.45) is 1.74. The van der Waals surface area contributed by atoms with Gasteiger partial charge in [0, 0.05) is 19.7 Å². The van der Waals surface area contributed by atoms with Crippen molar-refractivity contribution < 1.29 is 14.5 Å². The summed E-state index contributed by atoms with van der Waals surface area (Å²) >= 11 is 0. The number of rotatable bonds is 5. The lowest BCUT2D eigenvalue weighted by Gasteiger charge is -2.22. The Morgan fingerprint density at radius 1 is 1.57 bits per heavy atom. The summed E-state index contributed by atoms with van der Waals surface area (Å²) in [7, 11) is 3.04. The van der Waals surface area contributed by atoms with Gasteiger partial charge in [0.2, 0.25) is 0 Å². The van der Waals surface area contributed by atoms with E-state index in [9.17, 15) is 14.9 Å². The Hall–Kier alpha value is -2.15. The second-order valence-electron chi connectivity index (χ2n) is 5.01. The number of nitro benzene ring substituents is 1. The molecule has 7 nitrogen and oxygen atoms in total. The summed E-state index contributed by atoms with van der Waals surface area (Å²) in [5.74, 6) is -0.219. The van der Waals surface area contributed by atoms with Crippen LogP contribution in [0.15, 0.2) is 18.2 Å². The second kappa shape index (κ2) is 6.53. The van der Waals surface area contributed by atoms with Crippen LogP contribution in [0.25, 0.3) is 0 Å². The summed E-state index contributed by atoms with van der Waals surface area (Å²) in [5.41, 5.74) is 1.46. The highest BCUT2D eigenvalue weighted by molar-refractivity contribution is 5.76. The molecule has 2 rings (SSSR count). The fourth-order valence-corrected chi connectivity index (χ4v) is 2.69. The van der Waals surface area contributed by atoms with Gasteiger partial charge in [0.15, 0.2) is 0 Å². The topological polar surface area (TPSA) is 84.7 Å². The number of nitrogens with one attached hydrogen (secondary N) is 1. The van der Waals surface area contributed by atoms with Crippen molar-refractivity contribution in [3.05, 3.63) is 33.9 Å². The summed E-state index contributed by atoms with van der Waals surface area (Å²) in [6.45, 7) is 1.40. The van der Waals surface area contributed by atoms with E-state index < -0.39 is 4.92 Å². The van der Waals surface area contributed by atoms with Gasteiger partial charge in [0.25, 0.3) is 5.69 Å². The Balaban J connectivity index is 2.16. The molecule has 1 heterocycles. The number of methoxy groups -OCH3 is 1. The third-order valence-electron chi connectivity index (χ3n) is 3.75. The number of hydrogen-bond donors (Lipinski definition) is 1. The normalized spacial score (nSPS) is 18.5. The van der Waals surface area contributed by atoms with Gasteiger partial charge in [-0.05, 0) is 31.0 Å². The maximum atomic E-state index is 11.7. The van der Waals surface area contributed by atoms with Gasteiger partial charge in [0.05, 0.1) is 12.0 Å². The van der Waals surface area contributed by atoms with Crippen molar-refractivity contribution in [2.75, 3.05) is 26.0 Å². The van der Waals surface area contributed by atoms with E-state index in [1.54, 1.807) is 19.2 Å². The van der Waals surface area contributed by atoms with Gasteiger partial charge in [-0.15, -0.1) is 0 Å². The van der Waals surface area contributed by atoms with Gasteiger partial charge in [-0.3, -0.25) is 19.8 Å². The predicted molar refractivity (Wildman–Crippen MR) is 78.1 cm³/mol. The molecule has 1 aromatic rings. The standard InChI is InChI=1S/C14H19N3O4/c1-15-11-8-10(5-6-12(11)17(19)20)9-16-7-3-4-13(16)14(18)21-2/h5-6,8,13,15H,3-4,7,9H2,1-2H3. The number of nitrogens with zero attached hydrogens (tertiary/aromatic N) is 2. The minimum Gasteiger partial charge on any atom is -0.468 e. The average Bonchev–Trinajstić information content (AvgIpc) is 2.94. The first-order valence-corrected chi connectivity index (χ1v) is 6.83. The number of ether oxygens (including phenoxy) is 1. The molecule has 0 aliphatic carbocycles. The first kappa shape index (κ1) is 15.2. The first-order chi connectivity index (χ1) is 10.1. The van der Waals surface area contributed by atoms with Gasteiger partial charge < -0.3 is 10.1 Å². The molecule has 1 saturated heterocycles. The van der Waals surface area contributed by atoms with E-state index in [-0.39, 0.29) is 17.7 Å². The fourth-order valence-electron chi connectivity index (χ4n) is 2.69. The van der Waals surface area contributed by atoms with Gasteiger partial charge >= 0.3 is 5.97 Å². The maximum absolute atomic E-state index is 11.7. The highest BCUT2D eigenvalue weighted by Gasteiger charge is 2.31. The van der Waals surface area contributed by atoms with Crippen LogP contribution < -0.4 is 5.32 Å². The van der Waals surface area contributed by atoms with E-state index in [1.807, 2.05) is 4.90 Å². The number of hydrogen-bond acceptors (Lipinski definition) is 6. The van der Waals surface area contributed by atoms with E-state index in [4.69, 9.17) is 4.74 Å². The molecule has 0 amide bonds. The molecule has 1 aliphatic rings. The predicted octanol–water partition coefficient (Wildman–Crippen LogP) is 1.77. The number of likely N-dealkylation sites (tertiary alicyclic amines) is 1. The quantitative estimate of drug-likeness (QED) is 0.506. The van der Waals surface area contributed by atoms with Crippen LogP contribution in [-0.2, 0) is 16.1 Å². The maximum Gasteiger partial charge on any atom is 0.323 e. The van der Waals surface area contributed by atoms with E-state index in [2.05, 4.69) is 5.32 Å². The van der Waals surface area contributed by atoms with Gasteiger partial charge in [-0.1, -0.05) is 6.07 Å². The zero-order valence-corrected chi connectivity index (χ0v) is 12.2.